The Hall–Kier alpha value is -4.46. The maximum atomic E-state index is 13.1. The van der Waals surface area contributed by atoms with Crippen LogP contribution in [-0.4, -0.2) is 32.1 Å². The minimum absolute atomic E-state index is 0.0131. The van der Waals surface area contributed by atoms with E-state index in [1.165, 1.54) is 0 Å². The smallest absolute Gasteiger partial charge is 0.293 e. The zero-order valence-electron chi connectivity index (χ0n) is 18.4. The number of nitrogens with one attached hydrogen (secondary N) is 2. The van der Waals surface area contributed by atoms with Gasteiger partial charge in [0.1, 0.15) is 30.2 Å². The van der Waals surface area contributed by atoms with Gasteiger partial charge in [0.2, 0.25) is 11.7 Å². The molecule has 0 bridgehead atoms. The second-order valence-corrected chi connectivity index (χ2v) is 7.69. The van der Waals surface area contributed by atoms with Crippen molar-refractivity contribution in [3.05, 3.63) is 78.1 Å². The Labute approximate surface area is 195 Å². The van der Waals surface area contributed by atoms with E-state index in [1.807, 2.05) is 18.2 Å². The number of benzene rings is 3. The molecule has 172 valence electrons. The molecule has 2 amide bonds. The van der Waals surface area contributed by atoms with Crippen LogP contribution in [0.3, 0.4) is 0 Å². The van der Waals surface area contributed by atoms with Crippen LogP contribution in [-0.2, 0) is 11.2 Å². The minimum Gasteiger partial charge on any atom is -0.497 e. The van der Waals surface area contributed by atoms with E-state index in [0.717, 1.165) is 5.56 Å². The molecule has 0 saturated carbocycles. The number of anilines is 2. The van der Waals surface area contributed by atoms with Gasteiger partial charge in [0.05, 0.1) is 13.5 Å². The van der Waals surface area contributed by atoms with Crippen molar-refractivity contribution in [2.75, 3.05) is 31.0 Å². The normalized spacial score (nSPS) is 12.3. The second kappa shape index (κ2) is 9.19. The van der Waals surface area contributed by atoms with Gasteiger partial charge < -0.3 is 29.3 Å². The van der Waals surface area contributed by atoms with Crippen LogP contribution in [0, 0.1) is 0 Å². The zero-order valence-corrected chi connectivity index (χ0v) is 18.4. The molecule has 4 aromatic rings. The van der Waals surface area contributed by atoms with Gasteiger partial charge in [0, 0.05) is 17.1 Å². The lowest BCUT2D eigenvalue weighted by atomic mass is 10.1. The third kappa shape index (κ3) is 4.38. The molecule has 2 heterocycles. The number of ether oxygens (including phenoxy) is 3. The average Bonchev–Trinajstić information content (AvgIpc) is 3.23. The fourth-order valence-electron chi connectivity index (χ4n) is 3.75. The lowest BCUT2D eigenvalue weighted by molar-refractivity contribution is -0.115. The van der Waals surface area contributed by atoms with E-state index in [-0.39, 0.29) is 18.1 Å². The zero-order chi connectivity index (χ0) is 23.5. The lowest BCUT2D eigenvalue weighted by Crippen LogP contribution is -2.19. The van der Waals surface area contributed by atoms with E-state index >= 15 is 0 Å². The van der Waals surface area contributed by atoms with Crippen molar-refractivity contribution in [2.24, 2.45) is 0 Å². The molecule has 0 aliphatic carbocycles. The summed E-state index contributed by atoms with van der Waals surface area (Å²) in [5.74, 6) is 1.14. The third-order valence-corrected chi connectivity index (χ3v) is 5.39. The lowest BCUT2D eigenvalue weighted by Gasteiger charge is -2.18. The van der Waals surface area contributed by atoms with Crippen LogP contribution < -0.4 is 24.8 Å². The summed E-state index contributed by atoms with van der Waals surface area (Å²) in [6.45, 7) is 0.926. The molecule has 8 heteroatoms. The van der Waals surface area contributed by atoms with Crippen molar-refractivity contribution in [3.8, 4) is 17.2 Å². The SMILES string of the molecule is COc1ccc(CC(=O)Nc2c(C(=O)Nc3ccc4c(c3)OCCO4)oc3ccccc23)cc1. The highest BCUT2D eigenvalue weighted by Crippen LogP contribution is 2.34. The first kappa shape index (κ1) is 21.4. The summed E-state index contributed by atoms with van der Waals surface area (Å²) in [4.78, 5) is 26.0. The maximum absolute atomic E-state index is 13.1. The summed E-state index contributed by atoms with van der Waals surface area (Å²) in [5, 5.41) is 6.31. The van der Waals surface area contributed by atoms with Gasteiger partial charge in [0.15, 0.2) is 11.5 Å². The van der Waals surface area contributed by atoms with E-state index in [0.29, 0.717) is 52.8 Å². The molecule has 0 saturated heterocycles. The molecular formula is C26H22N2O6. The van der Waals surface area contributed by atoms with E-state index in [4.69, 9.17) is 18.6 Å². The summed E-state index contributed by atoms with van der Waals surface area (Å²) in [6, 6.07) is 19.5. The number of methoxy groups -OCH3 is 1. The Balaban J connectivity index is 1.39. The van der Waals surface area contributed by atoms with Gasteiger partial charge in [-0.25, -0.2) is 0 Å². The first-order chi connectivity index (χ1) is 16.6. The number of furan rings is 1. The monoisotopic (exact) mass is 458 g/mol. The van der Waals surface area contributed by atoms with Crippen LogP contribution in [0.1, 0.15) is 16.1 Å². The molecule has 1 aliphatic heterocycles. The number of carbonyl (C=O) groups excluding carboxylic acids is 2. The molecule has 34 heavy (non-hydrogen) atoms. The van der Waals surface area contributed by atoms with Crippen molar-refractivity contribution in [2.45, 2.75) is 6.42 Å². The van der Waals surface area contributed by atoms with Crippen LogP contribution in [0.4, 0.5) is 11.4 Å². The van der Waals surface area contributed by atoms with E-state index in [9.17, 15) is 9.59 Å². The molecule has 0 radical (unpaired) electrons. The summed E-state index contributed by atoms with van der Waals surface area (Å²) in [6.07, 6.45) is 0.132. The molecule has 1 aromatic heterocycles. The number of rotatable bonds is 6. The van der Waals surface area contributed by atoms with Crippen LogP contribution in [0.15, 0.2) is 71.1 Å². The maximum Gasteiger partial charge on any atom is 0.293 e. The topological polar surface area (TPSA) is 99.0 Å². The molecule has 8 nitrogen and oxygen atoms in total. The van der Waals surface area contributed by atoms with Crippen molar-refractivity contribution in [1.29, 1.82) is 0 Å². The van der Waals surface area contributed by atoms with Gasteiger partial charge in [0.25, 0.3) is 5.91 Å². The van der Waals surface area contributed by atoms with Crippen molar-refractivity contribution in [3.63, 3.8) is 0 Å². The van der Waals surface area contributed by atoms with Gasteiger partial charge in [-0.15, -0.1) is 0 Å². The van der Waals surface area contributed by atoms with Crippen molar-refractivity contribution in [1.82, 2.24) is 0 Å². The molecule has 3 aromatic carbocycles. The standard InChI is InChI=1S/C26H22N2O6/c1-31-18-9-6-16(7-10-18)14-23(29)28-24-19-4-2-3-5-20(19)34-25(24)26(30)27-17-8-11-21-22(15-17)33-13-12-32-21/h2-11,15H,12-14H2,1H3,(H,27,30)(H,28,29). The van der Waals surface area contributed by atoms with Crippen LogP contribution >= 0.6 is 0 Å². The molecule has 0 unspecified atom stereocenters. The fraction of sp³-hybridized carbons (Fsp3) is 0.154. The quantitative estimate of drug-likeness (QED) is 0.437. The Morgan fingerprint density at radius 2 is 1.68 bits per heavy atom. The predicted octanol–water partition coefficient (Wildman–Crippen LogP) is 4.65. The van der Waals surface area contributed by atoms with E-state index < -0.39 is 5.91 Å². The second-order valence-electron chi connectivity index (χ2n) is 7.69. The fourth-order valence-corrected chi connectivity index (χ4v) is 3.75. The first-order valence-corrected chi connectivity index (χ1v) is 10.8. The molecule has 0 atom stereocenters. The molecular weight excluding hydrogens is 436 g/mol. The molecule has 0 spiro atoms. The summed E-state index contributed by atoms with van der Waals surface area (Å²) in [5.41, 5.74) is 2.15. The van der Waals surface area contributed by atoms with E-state index in [1.54, 1.807) is 55.6 Å². The van der Waals surface area contributed by atoms with E-state index in [2.05, 4.69) is 10.6 Å². The number of carbonyl (C=O) groups is 2. The highest BCUT2D eigenvalue weighted by molar-refractivity contribution is 6.14. The van der Waals surface area contributed by atoms with Gasteiger partial charge >= 0.3 is 0 Å². The molecule has 5 rings (SSSR count). The van der Waals surface area contributed by atoms with Crippen molar-refractivity contribution >= 4 is 34.2 Å². The predicted molar refractivity (Wildman–Crippen MR) is 127 cm³/mol. The Morgan fingerprint density at radius 1 is 0.912 bits per heavy atom. The Morgan fingerprint density at radius 3 is 2.47 bits per heavy atom. The van der Waals surface area contributed by atoms with Crippen LogP contribution in [0.25, 0.3) is 11.0 Å². The highest BCUT2D eigenvalue weighted by Gasteiger charge is 2.23. The third-order valence-electron chi connectivity index (χ3n) is 5.39. The van der Waals surface area contributed by atoms with Gasteiger partial charge in [-0.1, -0.05) is 24.3 Å². The summed E-state index contributed by atoms with van der Waals surface area (Å²) < 4.78 is 22.1. The Bertz CT molecular complexity index is 1360. The summed E-state index contributed by atoms with van der Waals surface area (Å²) in [7, 11) is 1.59. The number of hydrogen-bond acceptors (Lipinski definition) is 6. The minimum atomic E-state index is -0.493. The number of hydrogen-bond donors (Lipinski definition) is 2. The van der Waals surface area contributed by atoms with Gasteiger partial charge in [-0.2, -0.15) is 0 Å². The Kier molecular flexibility index (Phi) is 5.78. The summed E-state index contributed by atoms with van der Waals surface area (Å²) >= 11 is 0. The molecule has 1 aliphatic rings. The van der Waals surface area contributed by atoms with Gasteiger partial charge in [-0.3, -0.25) is 9.59 Å². The number of fused-ring (bicyclic) bond motifs is 2. The largest absolute Gasteiger partial charge is 0.497 e. The molecule has 2 N–H and O–H groups in total. The van der Waals surface area contributed by atoms with Crippen LogP contribution in [0.2, 0.25) is 0 Å². The van der Waals surface area contributed by atoms with Gasteiger partial charge in [-0.05, 0) is 42.0 Å². The number of para-hydroxylation sites is 1. The first-order valence-electron chi connectivity index (χ1n) is 10.8. The molecule has 0 fully saturated rings. The van der Waals surface area contributed by atoms with Crippen LogP contribution in [0.5, 0.6) is 17.2 Å². The highest BCUT2D eigenvalue weighted by atomic mass is 16.6. The van der Waals surface area contributed by atoms with Crippen molar-refractivity contribution < 1.29 is 28.2 Å². The number of amides is 2. The average molecular weight is 458 g/mol.